The molecule has 1 aliphatic rings. The van der Waals surface area contributed by atoms with E-state index in [0.717, 1.165) is 64.1 Å². The molecule has 8 nitrogen and oxygen atoms in total. The van der Waals surface area contributed by atoms with Crippen molar-refractivity contribution in [2.45, 2.75) is 46.0 Å². The van der Waals surface area contributed by atoms with Crippen LogP contribution in [0, 0.1) is 5.92 Å². The first-order chi connectivity index (χ1) is 12.7. The Morgan fingerprint density at radius 3 is 2.96 bits per heavy atom. The minimum atomic E-state index is 0.280. The van der Waals surface area contributed by atoms with Gasteiger partial charge in [0, 0.05) is 51.1 Å². The molecule has 1 saturated heterocycles. The average Bonchev–Trinajstić information content (AvgIpc) is 3.29. The number of guanidine groups is 1. The van der Waals surface area contributed by atoms with Crippen molar-refractivity contribution in [1.29, 1.82) is 0 Å². The third-order valence-electron chi connectivity index (χ3n) is 4.07. The molecule has 1 fully saturated rings. The van der Waals surface area contributed by atoms with Gasteiger partial charge in [-0.2, -0.15) is 4.98 Å². The van der Waals surface area contributed by atoms with Crippen LogP contribution in [0.3, 0.4) is 0 Å². The predicted octanol–water partition coefficient (Wildman–Crippen LogP) is 1.73. The van der Waals surface area contributed by atoms with Crippen LogP contribution in [0.1, 0.15) is 51.2 Å². The summed E-state index contributed by atoms with van der Waals surface area (Å²) < 4.78 is 16.3. The molecule has 26 heavy (non-hydrogen) atoms. The molecule has 1 aliphatic heterocycles. The maximum Gasteiger partial charge on any atom is 0.228 e. The van der Waals surface area contributed by atoms with Crippen LogP contribution in [0.2, 0.25) is 0 Å². The molecule has 0 aromatic carbocycles. The molecule has 0 amide bonds. The lowest BCUT2D eigenvalue weighted by Gasteiger charge is -2.11. The van der Waals surface area contributed by atoms with Crippen molar-refractivity contribution < 1.29 is 14.0 Å². The van der Waals surface area contributed by atoms with Gasteiger partial charge in [0.25, 0.3) is 0 Å². The highest BCUT2D eigenvalue weighted by atomic mass is 16.5. The number of aliphatic imine (C=N–C) groups is 1. The van der Waals surface area contributed by atoms with Crippen molar-refractivity contribution in [3.63, 3.8) is 0 Å². The van der Waals surface area contributed by atoms with Crippen LogP contribution < -0.4 is 10.6 Å². The van der Waals surface area contributed by atoms with E-state index in [2.05, 4.69) is 32.7 Å². The zero-order valence-corrected chi connectivity index (χ0v) is 16.3. The summed E-state index contributed by atoms with van der Waals surface area (Å²) in [5.74, 6) is 3.06. The van der Waals surface area contributed by atoms with Crippen molar-refractivity contribution in [2.24, 2.45) is 10.9 Å². The lowest BCUT2D eigenvalue weighted by atomic mass is 10.1. The van der Waals surface area contributed by atoms with Crippen LogP contribution >= 0.6 is 0 Å². The highest BCUT2D eigenvalue weighted by Gasteiger charge is 2.15. The van der Waals surface area contributed by atoms with Gasteiger partial charge < -0.3 is 24.6 Å². The second-order valence-corrected chi connectivity index (χ2v) is 6.80. The quantitative estimate of drug-likeness (QED) is 0.349. The monoisotopic (exact) mass is 367 g/mol. The number of hydrogen-bond acceptors (Lipinski definition) is 6. The van der Waals surface area contributed by atoms with E-state index < -0.39 is 0 Å². The lowest BCUT2D eigenvalue weighted by molar-refractivity contribution is 0.0893. The molecule has 148 valence electrons. The molecule has 8 heteroatoms. The highest BCUT2D eigenvalue weighted by Crippen LogP contribution is 2.12. The van der Waals surface area contributed by atoms with Gasteiger partial charge in [0.2, 0.25) is 5.89 Å². The summed E-state index contributed by atoms with van der Waals surface area (Å²) in [6, 6.07) is 0. The topological polar surface area (TPSA) is 93.8 Å². The van der Waals surface area contributed by atoms with Gasteiger partial charge in [-0.05, 0) is 19.8 Å². The van der Waals surface area contributed by atoms with Gasteiger partial charge in [0.1, 0.15) is 0 Å². The molecule has 0 spiro atoms. The fourth-order valence-corrected chi connectivity index (χ4v) is 2.56. The van der Waals surface area contributed by atoms with Crippen LogP contribution in [-0.2, 0) is 15.9 Å². The third kappa shape index (κ3) is 7.70. The molecule has 1 atom stereocenters. The van der Waals surface area contributed by atoms with Gasteiger partial charge in [-0.3, -0.25) is 4.99 Å². The maximum absolute atomic E-state index is 5.70. The SMILES string of the molecule is CCNC(=NCCCOCC1CCOC1)NCCc1nc(C(C)C)no1. The minimum absolute atomic E-state index is 0.280. The lowest BCUT2D eigenvalue weighted by Crippen LogP contribution is -2.38. The van der Waals surface area contributed by atoms with Crippen molar-refractivity contribution in [3.8, 4) is 0 Å². The number of aromatic nitrogens is 2. The van der Waals surface area contributed by atoms with Gasteiger partial charge in [-0.25, -0.2) is 0 Å². The Labute approximate surface area is 156 Å². The molecular weight excluding hydrogens is 334 g/mol. The summed E-state index contributed by atoms with van der Waals surface area (Å²) >= 11 is 0. The van der Waals surface area contributed by atoms with Crippen molar-refractivity contribution >= 4 is 5.96 Å². The summed E-state index contributed by atoms with van der Waals surface area (Å²) in [6.07, 6.45) is 2.70. The third-order valence-corrected chi connectivity index (χ3v) is 4.07. The highest BCUT2D eigenvalue weighted by molar-refractivity contribution is 5.79. The minimum Gasteiger partial charge on any atom is -0.381 e. The molecule has 0 radical (unpaired) electrons. The number of rotatable bonds is 11. The zero-order valence-electron chi connectivity index (χ0n) is 16.3. The van der Waals surface area contributed by atoms with E-state index in [4.69, 9.17) is 14.0 Å². The normalized spacial score (nSPS) is 17.8. The Hall–Kier alpha value is -1.67. The largest absolute Gasteiger partial charge is 0.381 e. The molecular formula is C18H33N5O3. The molecule has 0 bridgehead atoms. The summed E-state index contributed by atoms with van der Waals surface area (Å²) in [4.78, 5) is 8.95. The molecule has 0 aliphatic carbocycles. The summed E-state index contributed by atoms with van der Waals surface area (Å²) in [5.41, 5.74) is 0. The molecule has 2 rings (SSSR count). The molecule has 1 unspecified atom stereocenters. The standard InChI is InChI=1S/C18H33N5O3/c1-4-19-18(20-8-5-10-24-12-15-7-11-25-13-15)21-9-6-16-22-17(14(2)3)23-26-16/h14-15H,4-13H2,1-3H3,(H2,19,20,21). The van der Waals surface area contributed by atoms with Crippen molar-refractivity contribution in [1.82, 2.24) is 20.8 Å². The maximum atomic E-state index is 5.70. The Bertz CT molecular complexity index is 527. The number of hydrogen-bond donors (Lipinski definition) is 2. The summed E-state index contributed by atoms with van der Waals surface area (Å²) in [7, 11) is 0. The van der Waals surface area contributed by atoms with E-state index in [1.54, 1.807) is 0 Å². The first-order valence-corrected chi connectivity index (χ1v) is 9.69. The average molecular weight is 367 g/mol. The van der Waals surface area contributed by atoms with E-state index in [0.29, 0.717) is 24.8 Å². The van der Waals surface area contributed by atoms with Gasteiger partial charge >= 0.3 is 0 Å². The predicted molar refractivity (Wildman–Crippen MR) is 100 cm³/mol. The van der Waals surface area contributed by atoms with Crippen molar-refractivity contribution in [3.05, 3.63) is 11.7 Å². The molecule has 2 heterocycles. The van der Waals surface area contributed by atoms with Crippen LogP contribution in [-0.4, -0.2) is 62.2 Å². The van der Waals surface area contributed by atoms with E-state index in [1.807, 2.05) is 13.8 Å². The molecule has 1 aromatic rings. The zero-order chi connectivity index (χ0) is 18.6. The summed E-state index contributed by atoms with van der Waals surface area (Å²) in [5, 5.41) is 10.5. The van der Waals surface area contributed by atoms with Crippen LogP contribution in [0.4, 0.5) is 0 Å². The number of nitrogens with one attached hydrogen (secondary N) is 2. The van der Waals surface area contributed by atoms with E-state index in [-0.39, 0.29) is 5.92 Å². The smallest absolute Gasteiger partial charge is 0.228 e. The van der Waals surface area contributed by atoms with E-state index in [9.17, 15) is 0 Å². The molecule has 1 aromatic heterocycles. The van der Waals surface area contributed by atoms with Crippen LogP contribution in [0.5, 0.6) is 0 Å². The Morgan fingerprint density at radius 1 is 1.38 bits per heavy atom. The second kappa shape index (κ2) is 11.9. The molecule has 2 N–H and O–H groups in total. The molecule has 0 saturated carbocycles. The Morgan fingerprint density at radius 2 is 2.27 bits per heavy atom. The van der Waals surface area contributed by atoms with Gasteiger partial charge in [0.15, 0.2) is 11.8 Å². The van der Waals surface area contributed by atoms with E-state index >= 15 is 0 Å². The fraction of sp³-hybridized carbons (Fsp3) is 0.833. The van der Waals surface area contributed by atoms with Gasteiger partial charge in [0.05, 0.1) is 13.2 Å². The van der Waals surface area contributed by atoms with Crippen LogP contribution in [0.15, 0.2) is 9.52 Å². The van der Waals surface area contributed by atoms with Gasteiger partial charge in [-0.1, -0.05) is 19.0 Å². The van der Waals surface area contributed by atoms with Gasteiger partial charge in [-0.15, -0.1) is 0 Å². The fourth-order valence-electron chi connectivity index (χ4n) is 2.56. The summed E-state index contributed by atoms with van der Waals surface area (Å²) in [6.45, 7) is 11.6. The number of nitrogens with zero attached hydrogens (tertiary/aromatic N) is 3. The van der Waals surface area contributed by atoms with Crippen LogP contribution in [0.25, 0.3) is 0 Å². The second-order valence-electron chi connectivity index (χ2n) is 6.80. The van der Waals surface area contributed by atoms with E-state index in [1.165, 1.54) is 0 Å². The first-order valence-electron chi connectivity index (χ1n) is 9.69. The Balaban J connectivity index is 1.60. The number of ether oxygens (including phenoxy) is 2. The van der Waals surface area contributed by atoms with Crippen molar-refractivity contribution in [2.75, 3.05) is 46.1 Å². The first kappa shape index (κ1) is 20.6. The Kier molecular flexibility index (Phi) is 9.41.